The fraction of sp³-hybridized carbons (Fsp3) is 0.400. The second kappa shape index (κ2) is 6.74. The molecule has 1 unspecified atom stereocenters. The lowest BCUT2D eigenvalue weighted by atomic mass is 10.0. The Hall–Kier alpha value is -0.840. The van der Waals surface area contributed by atoms with Gasteiger partial charge < -0.3 is 5.32 Å². The second-order valence-corrected chi connectivity index (χ2v) is 6.17. The summed E-state index contributed by atoms with van der Waals surface area (Å²) in [5.74, 6) is 0. The molecule has 20 heavy (non-hydrogen) atoms. The Morgan fingerprint density at radius 3 is 2.75 bits per heavy atom. The first kappa shape index (κ1) is 15.5. The molecule has 5 heteroatoms. The Morgan fingerprint density at radius 1 is 1.45 bits per heavy atom. The van der Waals surface area contributed by atoms with Crippen molar-refractivity contribution in [3.8, 4) is 0 Å². The number of nitrogens with one attached hydrogen (secondary N) is 1. The molecule has 0 aliphatic rings. The highest BCUT2D eigenvalue weighted by Crippen LogP contribution is 2.32. The maximum atomic E-state index is 6.44. The van der Waals surface area contributed by atoms with Gasteiger partial charge >= 0.3 is 0 Å². The summed E-state index contributed by atoms with van der Waals surface area (Å²) in [6.45, 7) is 5.12. The quantitative estimate of drug-likeness (QED) is 0.868. The van der Waals surface area contributed by atoms with Gasteiger partial charge in [-0.2, -0.15) is 5.10 Å². The molecule has 2 rings (SSSR count). The maximum absolute atomic E-state index is 6.44. The first-order chi connectivity index (χ1) is 9.54. The van der Waals surface area contributed by atoms with Crippen molar-refractivity contribution in [2.24, 2.45) is 7.05 Å². The minimum Gasteiger partial charge on any atom is -0.305 e. The number of aromatic nitrogens is 2. The molecule has 1 atom stereocenters. The van der Waals surface area contributed by atoms with Gasteiger partial charge in [0.2, 0.25) is 0 Å². The Kier molecular flexibility index (Phi) is 5.24. The van der Waals surface area contributed by atoms with Crippen LogP contribution in [-0.4, -0.2) is 16.3 Å². The van der Waals surface area contributed by atoms with Crippen LogP contribution in [0.2, 0.25) is 5.02 Å². The fourth-order valence-electron chi connectivity index (χ4n) is 2.25. The third-order valence-electron chi connectivity index (χ3n) is 3.28. The van der Waals surface area contributed by atoms with Crippen LogP contribution in [0.5, 0.6) is 0 Å². The van der Waals surface area contributed by atoms with E-state index in [1.807, 2.05) is 30.9 Å². The SMILES string of the molecule is CCCNC(c1ccc(C)cc1Cl)c1c(Br)cnn1C. The maximum Gasteiger partial charge on any atom is 0.0774 e. The lowest BCUT2D eigenvalue weighted by Gasteiger charge is -2.21. The molecule has 1 heterocycles. The number of aryl methyl sites for hydroxylation is 2. The summed E-state index contributed by atoms with van der Waals surface area (Å²) >= 11 is 10.0. The van der Waals surface area contributed by atoms with Crippen LogP contribution in [0.1, 0.15) is 36.2 Å². The molecule has 108 valence electrons. The standard InChI is InChI=1S/C15H19BrClN3/c1-4-7-18-14(15-12(16)9-19-20(15)3)11-6-5-10(2)8-13(11)17/h5-6,8-9,14,18H,4,7H2,1-3H3. The van der Waals surface area contributed by atoms with Gasteiger partial charge in [0.05, 0.1) is 22.4 Å². The monoisotopic (exact) mass is 355 g/mol. The van der Waals surface area contributed by atoms with Gasteiger partial charge in [0, 0.05) is 12.1 Å². The van der Waals surface area contributed by atoms with Gasteiger partial charge in [-0.1, -0.05) is 30.7 Å². The van der Waals surface area contributed by atoms with Gasteiger partial charge in [0.1, 0.15) is 0 Å². The fourth-order valence-corrected chi connectivity index (χ4v) is 3.18. The highest BCUT2D eigenvalue weighted by Gasteiger charge is 2.22. The molecule has 1 aromatic heterocycles. The van der Waals surface area contributed by atoms with Gasteiger partial charge in [-0.3, -0.25) is 4.68 Å². The molecule has 0 fully saturated rings. The average Bonchev–Trinajstić information content (AvgIpc) is 2.72. The predicted molar refractivity (Wildman–Crippen MR) is 87.2 cm³/mol. The van der Waals surface area contributed by atoms with Crippen molar-refractivity contribution in [1.29, 1.82) is 0 Å². The number of nitrogens with zero attached hydrogens (tertiary/aromatic N) is 2. The van der Waals surface area contributed by atoms with Gasteiger partial charge in [-0.15, -0.1) is 0 Å². The van der Waals surface area contributed by atoms with Crippen LogP contribution < -0.4 is 5.32 Å². The summed E-state index contributed by atoms with van der Waals surface area (Å²) in [5, 5.41) is 8.64. The van der Waals surface area contributed by atoms with E-state index in [9.17, 15) is 0 Å². The lowest BCUT2D eigenvalue weighted by molar-refractivity contribution is 0.552. The van der Waals surface area contributed by atoms with Crippen LogP contribution >= 0.6 is 27.5 Å². The van der Waals surface area contributed by atoms with Crippen molar-refractivity contribution in [3.63, 3.8) is 0 Å². The van der Waals surface area contributed by atoms with E-state index in [1.165, 1.54) is 0 Å². The number of benzene rings is 1. The molecule has 2 aromatic rings. The van der Waals surface area contributed by atoms with E-state index < -0.39 is 0 Å². The molecule has 3 nitrogen and oxygen atoms in total. The van der Waals surface area contributed by atoms with Crippen molar-refractivity contribution < 1.29 is 0 Å². The lowest BCUT2D eigenvalue weighted by Crippen LogP contribution is -2.26. The van der Waals surface area contributed by atoms with Crippen molar-refractivity contribution in [1.82, 2.24) is 15.1 Å². The van der Waals surface area contributed by atoms with Crippen molar-refractivity contribution in [2.45, 2.75) is 26.3 Å². The van der Waals surface area contributed by atoms with Crippen LogP contribution in [0.4, 0.5) is 0 Å². The Bertz CT molecular complexity index is 575. The highest BCUT2D eigenvalue weighted by atomic mass is 79.9. The Balaban J connectivity index is 2.47. The van der Waals surface area contributed by atoms with Gasteiger partial charge in [0.15, 0.2) is 0 Å². The number of rotatable bonds is 5. The van der Waals surface area contributed by atoms with Crippen LogP contribution in [0.3, 0.4) is 0 Å². The third-order valence-corrected chi connectivity index (χ3v) is 4.21. The van der Waals surface area contributed by atoms with Crippen LogP contribution in [0.25, 0.3) is 0 Å². The summed E-state index contributed by atoms with van der Waals surface area (Å²) in [5.41, 5.74) is 3.33. The summed E-state index contributed by atoms with van der Waals surface area (Å²) < 4.78 is 2.87. The van der Waals surface area contributed by atoms with E-state index in [4.69, 9.17) is 11.6 Å². The molecule has 0 aliphatic heterocycles. The highest BCUT2D eigenvalue weighted by molar-refractivity contribution is 9.10. The zero-order chi connectivity index (χ0) is 14.7. The molecule has 0 spiro atoms. The Morgan fingerprint density at radius 2 is 2.20 bits per heavy atom. The molecule has 0 aliphatic carbocycles. The van der Waals surface area contributed by atoms with Gasteiger partial charge in [-0.05, 0) is 53.0 Å². The second-order valence-electron chi connectivity index (χ2n) is 4.91. The number of hydrogen-bond acceptors (Lipinski definition) is 2. The van der Waals surface area contributed by atoms with E-state index in [2.05, 4.69) is 45.4 Å². The molecule has 0 saturated carbocycles. The largest absolute Gasteiger partial charge is 0.305 e. The first-order valence-electron chi connectivity index (χ1n) is 6.71. The topological polar surface area (TPSA) is 29.9 Å². The molecule has 1 aromatic carbocycles. The third kappa shape index (κ3) is 3.25. The van der Waals surface area contributed by atoms with Gasteiger partial charge in [0.25, 0.3) is 0 Å². The normalized spacial score (nSPS) is 12.7. The molecule has 0 bridgehead atoms. The molecule has 0 saturated heterocycles. The number of hydrogen-bond donors (Lipinski definition) is 1. The van der Waals surface area contributed by atoms with E-state index in [0.29, 0.717) is 0 Å². The van der Waals surface area contributed by atoms with E-state index >= 15 is 0 Å². The van der Waals surface area contributed by atoms with Crippen LogP contribution in [0, 0.1) is 6.92 Å². The molecular weight excluding hydrogens is 338 g/mol. The minimum absolute atomic E-state index is 0.0323. The van der Waals surface area contributed by atoms with Crippen molar-refractivity contribution in [3.05, 3.63) is 50.7 Å². The number of halogens is 2. The smallest absolute Gasteiger partial charge is 0.0774 e. The minimum atomic E-state index is 0.0323. The summed E-state index contributed by atoms with van der Waals surface area (Å²) in [7, 11) is 1.95. The molecule has 0 radical (unpaired) electrons. The summed E-state index contributed by atoms with van der Waals surface area (Å²) in [6, 6.07) is 6.21. The zero-order valence-electron chi connectivity index (χ0n) is 12.0. The van der Waals surface area contributed by atoms with Crippen molar-refractivity contribution in [2.75, 3.05) is 6.54 Å². The predicted octanol–water partition coefficient (Wildman–Crippen LogP) is 4.23. The molecule has 1 N–H and O–H groups in total. The van der Waals surface area contributed by atoms with E-state index in [0.717, 1.165) is 39.3 Å². The van der Waals surface area contributed by atoms with E-state index in [1.54, 1.807) is 0 Å². The van der Waals surface area contributed by atoms with Gasteiger partial charge in [-0.25, -0.2) is 0 Å². The van der Waals surface area contributed by atoms with Crippen LogP contribution in [0.15, 0.2) is 28.9 Å². The molecular formula is C15H19BrClN3. The van der Waals surface area contributed by atoms with E-state index in [-0.39, 0.29) is 6.04 Å². The average molecular weight is 357 g/mol. The first-order valence-corrected chi connectivity index (χ1v) is 7.88. The molecule has 0 amide bonds. The van der Waals surface area contributed by atoms with Crippen LogP contribution in [-0.2, 0) is 7.05 Å². The zero-order valence-corrected chi connectivity index (χ0v) is 14.3. The summed E-state index contributed by atoms with van der Waals surface area (Å²) in [4.78, 5) is 0. The Labute approximate surface area is 133 Å². The van der Waals surface area contributed by atoms with Crippen molar-refractivity contribution >= 4 is 27.5 Å². The summed E-state index contributed by atoms with van der Waals surface area (Å²) in [6.07, 6.45) is 2.88.